The van der Waals surface area contributed by atoms with E-state index in [1.54, 1.807) is 11.3 Å². The topological polar surface area (TPSA) is 38.9 Å². The van der Waals surface area contributed by atoms with Crippen LogP contribution in [0.1, 0.15) is 30.0 Å². The lowest BCUT2D eigenvalue weighted by molar-refractivity contribution is 0.272. The minimum atomic E-state index is 0.401. The van der Waals surface area contributed by atoms with Crippen molar-refractivity contribution in [1.82, 2.24) is 4.98 Å². The Labute approximate surface area is 94.9 Å². The molecule has 0 aromatic carbocycles. The molecule has 2 aliphatic rings. The lowest BCUT2D eigenvalue weighted by Gasteiger charge is -2.28. The summed E-state index contributed by atoms with van der Waals surface area (Å²) < 4.78 is 0. The summed E-state index contributed by atoms with van der Waals surface area (Å²) in [7, 11) is 0. The van der Waals surface area contributed by atoms with Gasteiger partial charge in [0.05, 0.1) is 5.01 Å². The fraction of sp³-hybridized carbons (Fsp3) is 0.750. The summed E-state index contributed by atoms with van der Waals surface area (Å²) in [6.07, 6.45) is 5.30. The third-order valence-electron chi connectivity index (χ3n) is 4.09. The van der Waals surface area contributed by atoms with Crippen LogP contribution in [0.5, 0.6) is 0 Å². The first-order chi connectivity index (χ1) is 7.21. The largest absolute Gasteiger partial charge is 0.330 e. The second-order valence-electron chi connectivity index (χ2n) is 5.43. The maximum absolute atomic E-state index is 5.98. The van der Waals surface area contributed by atoms with E-state index in [1.807, 2.05) is 0 Å². The summed E-state index contributed by atoms with van der Waals surface area (Å²) in [5.74, 6) is 2.02. The van der Waals surface area contributed by atoms with Crippen LogP contribution in [-0.4, -0.2) is 11.5 Å². The van der Waals surface area contributed by atoms with Gasteiger partial charge in [0.2, 0.25) is 0 Å². The van der Waals surface area contributed by atoms with Crippen molar-refractivity contribution in [3.05, 3.63) is 16.1 Å². The van der Waals surface area contributed by atoms with Crippen LogP contribution in [0.15, 0.2) is 5.38 Å². The van der Waals surface area contributed by atoms with Gasteiger partial charge in [-0.3, -0.25) is 0 Å². The zero-order chi connectivity index (χ0) is 10.5. The molecule has 0 bridgehead atoms. The Morgan fingerprint density at radius 3 is 2.80 bits per heavy atom. The predicted molar refractivity (Wildman–Crippen MR) is 62.9 cm³/mol. The summed E-state index contributed by atoms with van der Waals surface area (Å²) in [5.41, 5.74) is 7.54. The van der Waals surface area contributed by atoms with Crippen molar-refractivity contribution >= 4 is 11.3 Å². The molecule has 15 heavy (non-hydrogen) atoms. The number of hydrogen-bond donors (Lipinski definition) is 1. The van der Waals surface area contributed by atoms with Gasteiger partial charge < -0.3 is 5.73 Å². The molecule has 2 aliphatic carbocycles. The van der Waals surface area contributed by atoms with Crippen molar-refractivity contribution in [2.75, 3.05) is 6.54 Å². The molecule has 0 amide bonds. The molecule has 2 atom stereocenters. The lowest BCUT2D eigenvalue weighted by Crippen LogP contribution is -2.31. The maximum atomic E-state index is 5.98. The molecule has 2 nitrogen and oxygen atoms in total. The summed E-state index contributed by atoms with van der Waals surface area (Å²) >= 11 is 1.80. The smallest absolute Gasteiger partial charge is 0.0934 e. The Hall–Kier alpha value is -0.410. The Morgan fingerprint density at radius 1 is 1.53 bits per heavy atom. The summed E-state index contributed by atoms with van der Waals surface area (Å²) in [5, 5.41) is 3.44. The maximum Gasteiger partial charge on any atom is 0.0934 e. The number of nitrogens with zero attached hydrogens (tertiary/aromatic N) is 1. The van der Waals surface area contributed by atoms with Gasteiger partial charge in [-0.25, -0.2) is 4.98 Å². The van der Waals surface area contributed by atoms with Gasteiger partial charge in [-0.05, 0) is 50.0 Å². The van der Waals surface area contributed by atoms with E-state index in [0.717, 1.165) is 30.5 Å². The Balaban J connectivity index is 1.75. The van der Waals surface area contributed by atoms with Crippen LogP contribution < -0.4 is 5.73 Å². The first-order valence-electron chi connectivity index (χ1n) is 5.82. The van der Waals surface area contributed by atoms with Crippen LogP contribution in [0.2, 0.25) is 0 Å². The molecule has 1 aromatic heterocycles. The number of aromatic nitrogens is 1. The number of thiazole rings is 1. The molecule has 2 N–H and O–H groups in total. The molecule has 0 saturated heterocycles. The molecule has 0 spiro atoms. The van der Waals surface area contributed by atoms with Crippen LogP contribution in [-0.2, 0) is 6.42 Å². The molecular formula is C12H18N2S. The van der Waals surface area contributed by atoms with Crippen LogP contribution in [0.4, 0.5) is 0 Å². The van der Waals surface area contributed by atoms with Crippen LogP contribution >= 0.6 is 11.3 Å². The molecule has 2 fully saturated rings. The number of aryl methyl sites for hydroxylation is 1. The number of rotatable bonds is 3. The van der Waals surface area contributed by atoms with Gasteiger partial charge in [0.25, 0.3) is 0 Å². The van der Waals surface area contributed by atoms with Crippen molar-refractivity contribution in [2.24, 2.45) is 23.0 Å². The highest BCUT2D eigenvalue weighted by molar-refractivity contribution is 7.09. The molecule has 2 unspecified atom stereocenters. The third-order valence-corrected chi connectivity index (χ3v) is 5.05. The summed E-state index contributed by atoms with van der Waals surface area (Å²) in [6.45, 7) is 2.92. The van der Waals surface area contributed by atoms with E-state index in [-0.39, 0.29) is 0 Å². The first kappa shape index (κ1) is 9.79. The van der Waals surface area contributed by atoms with Gasteiger partial charge in [0, 0.05) is 17.5 Å². The molecule has 0 radical (unpaired) electrons. The zero-order valence-corrected chi connectivity index (χ0v) is 10.0. The SMILES string of the molecule is Cc1csc(CC2(CN)CC3CC3C2)n1. The van der Waals surface area contributed by atoms with Gasteiger partial charge in [0.15, 0.2) is 0 Å². The fourth-order valence-corrected chi connectivity index (χ4v) is 4.14. The second kappa shape index (κ2) is 3.29. The van der Waals surface area contributed by atoms with E-state index >= 15 is 0 Å². The van der Waals surface area contributed by atoms with Gasteiger partial charge in [-0.2, -0.15) is 0 Å². The van der Waals surface area contributed by atoms with Crippen LogP contribution in [0, 0.1) is 24.2 Å². The first-order valence-corrected chi connectivity index (χ1v) is 6.70. The molecule has 1 aromatic rings. The van der Waals surface area contributed by atoms with E-state index in [4.69, 9.17) is 5.73 Å². The molecular weight excluding hydrogens is 204 g/mol. The number of fused-ring (bicyclic) bond motifs is 1. The van der Waals surface area contributed by atoms with Gasteiger partial charge >= 0.3 is 0 Å². The Morgan fingerprint density at radius 2 is 2.27 bits per heavy atom. The van der Waals surface area contributed by atoms with Crippen molar-refractivity contribution in [3.8, 4) is 0 Å². The molecule has 3 heteroatoms. The minimum absolute atomic E-state index is 0.401. The Bertz CT molecular complexity index is 361. The van der Waals surface area contributed by atoms with Crippen molar-refractivity contribution in [2.45, 2.75) is 32.6 Å². The third kappa shape index (κ3) is 1.72. The molecule has 82 valence electrons. The number of nitrogens with two attached hydrogens (primary N) is 1. The van der Waals surface area contributed by atoms with Gasteiger partial charge in [0.1, 0.15) is 0 Å². The average molecular weight is 222 g/mol. The summed E-state index contributed by atoms with van der Waals surface area (Å²) in [6, 6.07) is 0. The monoisotopic (exact) mass is 222 g/mol. The van der Waals surface area contributed by atoms with E-state index in [1.165, 1.54) is 24.3 Å². The highest BCUT2D eigenvalue weighted by Crippen LogP contribution is 2.60. The van der Waals surface area contributed by atoms with E-state index in [2.05, 4.69) is 17.3 Å². The molecule has 2 saturated carbocycles. The molecule has 1 heterocycles. The second-order valence-corrected chi connectivity index (χ2v) is 6.37. The predicted octanol–water partition coefficient (Wildman–Crippen LogP) is 2.37. The van der Waals surface area contributed by atoms with Gasteiger partial charge in [-0.1, -0.05) is 0 Å². The van der Waals surface area contributed by atoms with Crippen LogP contribution in [0.3, 0.4) is 0 Å². The average Bonchev–Trinajstić information content (AvgIpc) is 2.65. The molecule has 0 aliphatic heterocycles. The standard InChI is InChI=1S/C12H18N2S/c1-8-6-15-11(14-8)5-12(7-13)3-9-2-10(9)4-12/h6,9-10H,2-5,7,13H2,1H3. The highest BCUT2D eigenvalue weighted by atomic mass is 32.1. The fourth-order valence-electron chi connectivity index (χ4n) is 3.19. The lowest BCUT2D eigenvalue weighted by atomic mass is 9.80. The Kier molecular flexibility index (Phi) is 2.15. The van der Waals surface area contributed by atoms with E-state index in [0.29, 0.717) is 5.41 Å². The van der Waals surface area contributed by atoms with E-state index in [9.17, 15) is 0 Å². The van der Waals surface area contributed by atoms with E-state index < -0.39 is 0 Å². The zero-order valence-electron chi connectivity index (χ0n) is 9.20. The van der Waals surface area contributed by atoms with Crippen molar-refractivity contribution < 1.29 is 0 Å². The summed E-state index contributed by atoms with van der Waals surface area (Å²) in [4.78, 5) is 4.57. The highest BCUT2D eigenvalue weighted by Gasteiger charge is 2.53. The normalized spacial score (nSPS) is 38.0. The molecule has 3 rings (SSSR count). The van der Waals surface area contributed by atoms with Gasteiger partial charge in [-0.15, -0.1) is 11.3 Å². The van der Waals surface area contributed by atoms with Crippen LogP contribution in [0.25, 0.3) is 0 Å². The van der Waals surface area contributed by atoms with Crippen molar-refractivity contribution in [1.29, 1.82) is 0 Å². The number of hydrogen-bond acceptors (Lipinski definition) is 3. The minimum Gasteiger partial charge on any atom is -0.330 e. The quantitative estimate of drug-likeness (QED) is 0.852. The van der Waals surface area contributed by atoms with Crippen molar-refractivity contribution in [3.63, 3.8) is 0 Å².